The molecule has 1 saturated heterocycles. The Morgan fingerprint density at radius 3 is 2.76 bits per heavy atom. The van der Waals surface area contributed by atoms with E-state index < -0.39 is 0 Å². The van der Waals surface area contributed by atoms with Crippen molar-refractivity contribution in [1.29, 1.82) is 0 Å². The van der Waals surface area contributed by atoms with Crippen LogP contribution in [0.3, 0.4) is 0 Å². The fraction of sp³-hybridized carbons (Fsp3) is 0.632. The number of nitrogens with two attached hydrogens (primary N) is 1. The van der Waals surface area contributed by atoms with E-state index in [1.807, 2.05) is 18.2 Å². The molecule has 3 rings (SSSR count). The number of hydrogen-bond donors (Lipinski definition) is 2. The molecule has 2 fully saturated rings. The van der Waals surface area contributed by atoms with Crippen molar-refractivity contribution in [3.8, 4) is 0 Å². The second-order valence-corrected chi connectivity index (χ2v) is 7.68. The van der Waals surface area contributed by atoms with Gasteiger partial charge < -0.3 is 15.8 Å². The van der Waals surface area contributed by atoms with Gasteiger partial charge in [0, 0.05) is 42.2 Å². The molecule has 4 nitrogen and oxygen atoms in total. The molecule has 0 aromatic heterocycles. The summed E-state index contributed by atoms with van der Waals surface area (Å²) in [4.78, 5) is 12.6. The van der Waals surface area contributed by atoms with Gasteiger partial charge in [-0.2, -0.15) is 0 Å². The summed E-state index contributed by atoms with van der Waals surface area (Å²) >= 11 is 6.19. The molecule has 2 unspecified atom stereocenters. The molecule has 1 heterocycles. The Morgan fingerprint density at radius 1 is 1.32 bits per heavy atom. The molecule has 1 saturated carbocycles. The smallest absolute Gasteiger partial charge is 0.223 e. The SMILES string of the molecule is Cl.NC1CCCC(C(=O)NCC2(c3cccc(Cl)c3)CCOCC2)C1. The lowest BCUT2D eigenvalue weighted by Gasteiger charge is -2.38. The third-order valence-electron chi connectivity index (χ3n) is 5.57. The summed E-state index contributed by atoms with van der Waals surface area (Å²) in [5, 5.41) is 3.95. The molecule has 25 heavy (non-hydrogen) atoms. The minimum absolute atomic E-state index is 0. The number of amides is 1. The monoisotopic (exact) mass is 386 g/mol. The summed E-state index contributed by atoms with van der Waals surface area (Å²) < 4.78 is 5.55. The molecule has 6 heteroatoms. The van der Waals surface area contributed by atoms with E-state index in [2.05, 4.69) is 11.4 Å². The highest BCUT2D eigenvalue weighted by molar-refractivity contribution is 6.30. The van der Waals surface area contributed by atoms with Gasteiger partial charge in [-0.15, -0.1) is 12.4 Å². The molecule has 1 aromatic carbocycles. The number of ether oxygens (including phenoxy) is 1. The molecule has 0 radical (unpaired) electrons. The van der Waals surface area contributed by atoms with Crippen LogP contribution >= 0.6 is 24.0 Å². The number of carbonyl (C=O) groups excluding carboxylic acids is 1. The second kappa shape index (κ2) is 9.22. The Kier molecular flexibility index (Phi) is 7.56. The normalized spacial score (nSPS) is 25.7. The lowest BCUT2D eigenvalue weighted by molar-refractivity contribution is -0.126. The van der Waals surface area contributed by atoms with Crippen molar-refractivity contribution in [1.82, 2.24) is 5.32 Å². The molecule has 140 valence electrons. The van der Waals surface area contributed by atoms with Gasteiger partial charge in [-0.3, -0.25) is 4.79 Å². The van der Waals surface area contributed by atoms with Crippen LogP contribution in [0, 0.1) is 5.92 Å². The van der Waals surface area contributed by atoms with E-state index in [1.54, 1.807) is 0 Å². The van der Waals surface area contributed by atoms with Gasteiger partial charge in [0.2, 0.25) is 5.91 Å². The van der Waals surface area contributed by atoms with Crippen LogP contribution in [0.4, 0.5) is 0 Å². The second-order valence-electron chi connectivity index (χ2n) is 7.24. The van der Waals surface area contributed by atoms with Gasteiger partial charge in [0.1, 0.15) is 0 Å². The predicted octanol–water partition coefficient (Wildman–Crippen LogP) is 3.44. The fourth-order valence-corrected chi connectivity index (χ4v) is 4.20. The van der Waals surface area contributed by atoms with Gasteiger partial charge in [0.05, 0.1) is 0 Å². The number of benzene rings is 1. The van der Waals surface area contributed by atoms with E-state index in [0.29, 0.717) is 6.54 Å². The predicted molar refractivity (Wildman–Crippen MR) is 103 cm³/mol. The molecular weight excluding hydrogens is 359 g/mol. The summed E-state index contributed by atoms with van der Waals surface area (Å²) in [7, 11) is 0. The van der Waals surface area contributed by atoms with Crippen LogP contribution < -0.4 is 11.1 Å². The maximum absolute atomic E-state index is 12.6. The van der Waals surface area contributed by atoms with E-state index in [9.17, 15) is 4.79 Å². The Morgan fingerprint density at radius 2 is 2.08 bits per heavy atom. The largest absolute Gasteiger partial charge is 0.381 e. The first-order valence-corrected chi connectivity index (χ1v) is 9.34. The van der Waals surface area contributed by atoms with Gasteiger partial charge in [-0.05, 0) is 49.8 Å². The highest BCUT2D eigenvalue weighted by Gasteiger charge is 2.36. The van der Waals surface area contributed by atoms with Gasteiger partial charge in [0.25, 0.3) is 0 Å². The van der Waals surface area contributed by atoms with Gasteiger partial charge in [-0.25, -0.2) is 0 Å². The average molecular weight is 387 g/mol. The van der Waals surface area contributed by atoms with Gasteiger partial charge >= 0.3 is 0 Å². The first-order valence-electron chi connectivity index (χ1n) is 8.96. The number of hydrogen-bond acceptors (Lipinski definition) is 3. The minimum atomic E-state index is -0.0877. The average Bonchev–Trinajstić information content (AvgIpc) is 2.60. The molecule has 1 aliphatic heterocycles. The lowest BCUT2D eigenvalue weighted by atomic mass is 9.74. The van der Waals surface area contributed by atoms with E-state index in [4.69, 9.17) is 22.1 Å². The molecule has 3 N–H and O–H groups in total. The molecule has 2 aliphatic rings. The Balaban J connectivity index is 0.00000225. The summed E-state index contributed by atoms with van der Waals surface area (Å²) in [6, 6.07) is 8.17. The van der Waals surface area contributed by atoms with Crippen LogP contribution in [0.2, 0.25) is 5.02 Å². The Labute approximate surface area is 161 Å². The van der Waals surface area contributed by atoms with E-state index >= 15 is 0 Å². The van der Waals surface area contributed by atoms with Crippen LogP contribution in [-0.2, 0) is 14.9 Å². The van der Waals surface area contributed by atoms with Crippen molar-refractivity contribution in [2.45, 2.75) is 50.0 Å². The minimum Gasteiger partial charge on any atom is -0.381 e. The number of nitrogens with one attached hydrogen (secondary N) is 1. The van der Waals surface area contributed by atoms with Crippen molar-refractivity contribution in [2.75, 3.05) is 19.8 Å². The van der Waals surface area contributed by atoms with Crippen molar-refractivity contribution in [3.05, 3.63) is 34.9 Å². The van der Waals surface area contributed by atoms with Crippen LogP contribution in [0.25, 0.3) is 0 Å². The molecule has 2 atom stereocenters. The summed E-state index contributed by atoms with van der Waals surface area (Å²) in [6.07, 6.45) is 5.64. The number of halogens is 2. The van der Waals surface area contributed by atoms with Crippen LogP contribution in [0.1, 0.15) is 44.1 Å². The molecule has 1 amide bonds. The van der Waals surface area contributed by atoms with E-state index in [0.717, 1.165) is 56.8 Å². The van der Waals surface area contributed by atoms with Crippen molar-refractivity contribution in [3.63, 3.8) is 0 Å². The first kappa shape index (κ1) is 20.5. The van der Waals surface area contributed by atoms with Crippen LogP contribution in [-0.4, -0.2) is 31.7 Å². The molecule has 0 bridgehead atoms. The Bertz CT molecular complexity index is 576. The standard InChI is InChI=1S/C19H27ClN2O2.ClH/c20-16-5-2-4-15(12-16)19(7-9-24-10-8-19)13-22-18(23)14-3-1-6-17(21)11-14;/h2,4-5,12,14,17H,1,3,6-11,13,21H2,(H,22,23);1H. The first-order chi connectivity index (χ1) is 11.6. The number of carbonyl (C=O) groups is 1. The zero-order valence-corrected chi connectivity index (χ0v) is 16.1. The van der Waals surface area contributed by atoms with Gasteiger partial charge in [0.15, 0.2) is 0 Å². The third-order valence-corrected chi connectivity index (χ3v) is 5.81. The quantitative estimate of drug-likeness (QED) is 0.832. The summed E-state index contributed by atoms with van der Waals surface area (Å²) in [5.41, 5.74) is 7.13. The highest BCUT2D eigenvalue weighted by Crippen LogP contribution is 2.35. The van der Waals surface area contributed by atoms with Gasteiger partial charge in [-0.1, -0.05) is 30.2 Å². The van der Waals surface area contributed by atoms with Crippen molar-refractivity contribution < 1.29 is 9.53 Å². The van der Waals surface area contributed by atoms with E-state index in [-0.39, 0.29) is 35.7 Å². The van der Waals surface area contributed by atoms with Crippen LogP contribution in [0.5, 0.6) is 0 Å². The molecule has 1 aromatic rings. The topological polar surface area (TPSA) is 64.4 Å². The third kappa shape index (κ3) is 5.10. The maximum Gasteiger partial charge on any atom is 0.223 e. The molecular formula is C19H28Cl2N2O2. The van der Waals surface area contributed by atoms with Crippen molar-refractivity contribution >= 4 is 29.9 Å². The Hall–Kier alpha value is -0.810. The zero-order chi connectivity index (χ0) is 17.0. The highest BCUT2D eigenvalue weighted by atomic mass is 35.5. The van der Waals surface area contributed by atoms with Crippen molar-refractivity contribution in [2.24, 2.45) is 11.7 Å². The fourth-order valence-electron chi connectivity index (χ4n) is 4.01. The summed E-state index contributed by atoms with van der Waals surface area (Å²) in [6.45, 7) is 2.08. The lowest BCUT2D eigenvalue weighted by Crippen LogP contribution is -2.47. The number of rotatable bonds is 4. The molecule has 1 aliphatic carbocycles. The zero-order valence-electron chi connectivity index (χ0n) is 14.5. The summed E-state index contributed by atoms with van der Waals surface area (Å²) in [5.74, 6) is 0.211. The molecule has 0 spiro atoms. The maximum atomic E-state index is 12.6. The van der Waals surface area contributed by atoms with Crippen LogP contribution in [0.15, 0.2) is 24.3 Å². The van der Waals surface area contributed by atoms with E-state index in [1.165, 1.54) is 5.56 Å².